The normalized spacial score (nSPS) is 24.7. The summed E-state index contributed by atoms with van der Waals surface area (Å²) >= 11 is 1.41. The largest absolute Gasteiger partial charge is 0.382 e. The Morgan fingerprint density at radius 2 is 2.13 bits per heavy atom. The topological polar surface area (TPSA) is 78.8 Å². The maximum atomic E-state index is 12.8. The first kappa shape index (κ1) is 16.6. The number of anilines is 1. The van der Waals surface area contributed by atoms with E-state index in [0.717, 1.165) is 37.1 Å². The molecule has 1 aliphatic heterocycles. The molecule has 0 spiro atoms. The molecule has 3 rings (SSSR count). The van der Waals surface area contributed by atoms with E-state index in [9.17, 15) is 9.90 Å². The van der Waals surface area contributed by atoms with Crippen LogP contribution in [0.4, 0.5) is 9.93 Å². The maximum absolute atomic E-state index is 12.8. The number of carbonyl (C=O) groups is 1. The van der Waals surface area contributed by atoms with E-state index in [-0.39, 0.29) is 12.1 Å². The van der Waals surface area contributed by atoms with E-state index in [1.54, 1.807) is 12.0 Å². The minimum Gasteiger partial charge on any atom is -0.382 e. The summed E-state index contributed by atoms with van der Waals surface area (Å²) in [4.78, 5) is 15.9. The Kier molecular flexibility index (Phi) is 5.13. The number of rotatable bonds is 8. The van der Waals surface area contributed by atoms with Crippen LogP contribution in [0.1, 0.15) is 50.0 Å². The molecule has 8 heteroatoms. The number of aromatic nitrogens is 2. The van der Waals surface area contributed by atoms with Gasteiger partial charge in [-0.15, -0.1) is 10.2 Å². The molecular weight excluding hydrogens is 316 g/mol. The molecule has 2 amide bonds. The molecule has 1 aromatic rings. The highest BCUT2D eigenvalue weighted by Crippen LogP contribution is 2.43. The molecule has 1 aliphatic carbocycles. The predicted octanol–water partition coefficient (Wildman–Crippen LogP) is 2.18. The highest BCUT2D eigenvalue weighted by Gasteiger charge is 2.47. The molecule has 7 nitrogen and oxygen atoms in total. The molecule has 0 radical (unpaired) electrons. The van der Waals surface area contributed by atoms with Crippen molar-refractivity contribution < 1.29 is 14.6 Å². The van der Waals surface area contributed by atoms with Gasteiger partial charge in [-0.25, -0.2) is 9.69 Å². The average Bonchev–Trinajstić information content (AvgIpc) is 3.23. The third-order valence-corrected chi connectivity index (χ3v) is 5.45. The van der Waals surface area contributed by atoms with Gasteiger partial charge in [0, 0.05) is 19.6 Å². The highest BCUT2D eigenvalue weighted by atomic mass is 32.1. The van der Waals surface area contributed by atoms with Crippen molar-refractivity contribution in [1.82, 2.24) is 15.1 Å². The number of methoxy groups -OCH3 is 1. The van der Waals surface area contributed by atoms with Gasteiger partial charge < -0.3 is 14.7 Å². The minimum absolute atomic E-state index is 0.200. The number of hydrogen-bond donors (Lipinski definition) is 1. The van der Waals surface area contributed by atoms with Crippen LogP contribution < -0.4 is 4.90 Å². The summed E-state index contributed by atoms with van der Waals surface area (Å²) in [5, 5.41) is 20.4. The van der Waals surface area contributed by atoms with Gasteiger partial charge in [0.2, 0.25) is 5.13 Å². The first-order chi connectivity index (χ1) is 11.2. The fraction of sp³-hybridized carbons (Fsp3) is 0.800. The van der Waals surface area contributed by atoms with Crippen molar-refractivity contribution in [3.63, 3.8) is 0 Å². The third-order valence-electron chi connectivity index (χ3n) is 4.36. The van der Waals surface area contributed by atoms with Crippen molar-refractivity contribution in [2.75, 3.05) is 25.2 Å². The van der Waals surface area contributed by atoms with Crippen molar-refractivity contribution in [3.8, 4) is 0 Å². The number of ether oxygens (including phenoxy) is 1. The third kappa shape index (κ3) is 3.34. The SMILES string of the molecule is CCCCCN1C(=O)N(c2nnc(C3CC3)s2)C(O)C1COC. The molecule has 1 saturated carbocycles. The molecule has 2 unspecified atom stereocenters. The predicted molar refractivity (Wildman–Crippen MR) is 87.7 cm³/mol. The Morgan fingerprint density at radius 3 is 2.78 bits per heavy atom. The van der Waals surface area contributed by atoms with Crippen molar-refractivity contribution in [1.29, 1.82) is 0 Å². The lowest BCUT2D eigenvalue weighted by Gasteiger charge is -2.23. The number of amides is 2. The lowest BCUT2D eigenvalue weighted by Crippen LogP contribution is -2.41. The van der Waals surface area contributed by atoms with Crippen LogP contribution in [0.5, 0.6) is 0 Å². The summed E-state index contributed by atoms with van der Waals surface area (Å²) < 4.78 is 5.21. The van der Waals surface area contributed by atoms with E-state index in [2.05, 4.69) is 17.1 Å². The van der Waals surface area contributed by atoms with Crippen LogP contribution in [0.2, 0.25) is 0 Å². The van der Waals surface area contributed by atoms with E-state index in [1.165, 1.54) is 16.2 Å². The standard InChI is InChI=1S/C15H24N4O3S/c1-3-4-5-8-18-11(9-22-2)13(20)19(15(18)21)14-17-16-12(23-14)10-6-7-10/h10-11,13,20H,3-9H2,1-2H3. The summed E-state index contributed by atoms with van der Waals surface area (Å²) in [7, 11) is 1.58. The molecular formula is C15H24N4O3S. The van der Waals surface area contributed by atoms with Gasteiger partial charge in [0.05, 0.1) is 6.61 Å². The Hall–Kier alpha value is -1.25. The first-order valence-corrected chi connectivity index (χ1v) is 9.09. The van der Waals surface area contributed by atoms with Crippen LogP contribution in [0.3, 0.4) is 0 Å². The second-order valence-corrected chi connectivity index (χ2v) is 7.17. The molecule has 23 heavy (non-hydrogen) atoms. The Morgan fingerprint density at radius 1 is 1.35 bits per heavy atom. The van der Waals surface area contributed by atoms with Crippen molar-refractivity contribution >= 4 is 22.5 Å². The van der Waals surface area contributed by atoms with Crippen LogP contribution in [0.25, 0.3) is 0 Å². The Balaban J connectivity index is 1.77. The Bertz CT molecular complexity index is 549. The molecule has 1 N–H and O–H groups in total. The molecule has 128 valence electrons. The smallest absolute Gasteiger partial charge is 0.329 e. The summed E-state index contributed by atoms with van der Waals surface area (Å²) in [6.07, 6.45) is 4.41. The zero-order valence-corrected chi connectivity index (χ0v) is 14.5. The van der Waals surface area contributed by atoms with Gasteiger partial charge >= 0.3 is 6.03 Å². The van der Waals surface area contributed by atoms with Crippen molar-refractivity contribution in [2.45, 2.75) is 57.2 Å². The summed E-state index contributed by atoms with van der Waals surface area (Å²) in [5.41, 5.74) is 0. The van der Waals surface area contributed by atoms with Crippen molar-refractivity contribution in [3.05, 3.63) is 5.01 Å². The molecule has 2 heterocycles. The number of aliphatic hydroxyl groups is 1. The molecule has 0 bridgehead atoms. The zero-order chi connectivity index (χ0) is 16.4. The summed E-state index contributed by atoms with van der Waals surface area (Å²) in [6.45, 7) is 3.06. The summed E-state index contributed by atoms with van der Waals surface area (Å²) in [5.74, 6) is 0.492. The van der Waals surface area contributed by atoms with Crippen LogP contribution in [-0.4, -0.2) is 58.8 Å². The number of urea groups is 1. The van der Waals surface area contributed by atoms with E-state index in [1.807, 2.05) is 0 Å². The number of carbonyl (C=O) groups excluding carboxylic acids is 1. The molecule has 0 aromatic carbocycles. The van der Waals surface area contributed by atoms with Crippen LogP contribution >= 0.6 is 11.3 Å². The van der Waals surface area contributed by atoms with E-state index in [4.69, 9.17) is 4.74 Å². The monoisotopic (exact) mass is 340 g/mol. The number of unbranched alkanes of at least 4 members (excludes halogenated alkanes) is 2. The lowest BCUT2D eigenvalue weighted by atomic mass is 10.2. The molecule has 1 aromatic heterocycles. The van der Waals surface area contributed by atoms with E-state index >= 15 is 0 Å². The van der Waals surface area contributed by atoms with Gasteiger partial charge in [0.1, 0.15) is 11.0 Å². The minimum atomic E-state index is -0.941. The first-order valence-electron chi connectivity index (χ1n) is 8.27. The molecule has 2 fully saturated rings. The van der Waals surface area contributed by atoms with E-state index in [0.29, 0.717) is 24.2 Å². The summed E-state index contributed by atoms with van der Waals surface area (Å²) in [6, 6.07) is -0.563. The quantitative estimate of drug-likeness (QED) is 0.734. The fourth-order valence-corrected chi connectivity index (χ4v) is 3.92. The van der Waals surface area contributed by atoms with E-state index < -0.39 is 6.23 Å². The molecule has 2 aliphatic rings. The van der Waals surface area contributed by atoms with Gasteiger partial charge in [0.25, 0.3) is 0 Å². The van der Waals surface area contributed by atoms with Gasteiger partial charge in [-0.1, -0.05) is 31.1 Å². The highest BCUT2D eigenvalue weighted by molar-refractivity contribution is 7.15. The van der Waals surface area contributed by atoms with Crippen LogP contribution in [-0.2, 0) is 4.74 Å². The maximum Gasteiger partial charge on any atom is 0.329 e. The lowest BCUT2D eigenvalue weighted by molar-refractivity contribution is 0.0548. The second kappa shape index (κ2) is 7.11. The van der Waals surface area contributed by atoms with Crippen LogP contribution in [0, 0.1) is 0 Å². The average molecular weight is 340 g/mol. The molecule has 2 atom stereocenters. The second-order valence-electron chi connectivity index (χ2n) is 6.19. The number of aliphatic hydroxyl groups excluding tert-OH is 1. The molecule has 1 saturated heterocycles. The fourth-order valence-electron chi connectivity index (χ4n) is 2.88. The van der Waals surface area contributed by atoms with Gasteiger partial charge in [0.15, 0.2) is 6.23 Å². The van der Waals surface area contributed by atoms with Gasteiger partial charge in [-0.2, -0.15) is 0 Å². The van der Waals surface area contributed by atoms with Gasteiger partial charge in [-0.3, -0.25) is 0 Å². The van der Waals surface area contributed by atoms with Crippen LogP contribution in [0.15, 0.2) is 0 Å². The zero-order valence-electron chi connectivity index (χ0n) is 13.6. The number of nitrogens with zero attached hydrogens (tertiary/aromatic N) is 4. The van der Waals surface area contributed by atoms with Crippen molar-refractivity contribution in [2.24, 2.45) is 0 Å². The number of hydrogen-bond acceptors (Lipinski definition) is 6. The Labute approximate surface area is 140 Å². The van der Waals surface area contributed by atoms with Gasteiger partial charge in [-0.05, 0) is 19.3 Å².